The molecule has 0 aliphatic heterocycles. The first-order chi connectivity index (χ1) is 14.5. The van der Waals surface area contributed by atoms with Crippen molar-refractivity contribution in [3.63, 3.8) is 0 Å². The molecule has 3 N–H and O–H groups in total. The molecule has 0 spiro atoms. The Labute approximate surface area is 167 Å². The number of aromatic nitrogens is 4. The number of phenolic OH excluding ortho intramolecular Hbond substituents is 1. The summed E-state index contributed by atoms with van der Waals surface area (Å²) in [6, 6.07) is 11.7. The highest BCUT2D eigenvalue weighted by Gasteiger charge is 2.23. The van der Waals surface area contributed by atoms with Crippen LogP contribution in [-0.2, 0) is 7.05 Å². The smallest absolute Gasteiger partial charge is 0.256 e. The lowest BCUT2D eigenvalue weighted by Crippen LogP contribution is -2.09. The number of hydrogen-bond acceptors (Lipinski definition) is 5. The number of benzene rings is 2. The molecule has 0 aliphatic rings. The predicted molar refractivity (Wildman–Crippen MR) is 114 cm³/mol. The van der Waals surface area contributed by atoms with E-state index in [1.54, 1.807) is 24.0 Å². The third-order valence-corrected chi connectivity index (χ3v) is 5.42. The predicted octanol–water partition coefficient (Wildman–Crippen LogP) is 3.38. The van der Waals surface area contributed by atoms with E-state index >= 15 is 0 Å². The molecule has 0 bridgehead atoms. The maximum Gasteiger partial charge on any atom is 0.256 e. The number of nitrogens with one attached hydrogen (secondary N) is 2. The Morgan fingerprint density at radius 1 is 1.13 bits per heavy atom. The first kappa shape index (κ1) is 16.6. The van der Waals surface area contributed by atoms with Crippen LogP contribution >= 0.6 is 0 Å². The molecule has 0 fully saturated rings. The number of H-pyrrole nitrogens is 2. The number of aromatic amines is 2. The van der Waals surface area contributed by atoms with E-state index in [-0.39, 0.29) is 22.3 Å². The lowest BCUT2D eigenvalue weighted by Gasteiger charge is -2.06. The van der Waals surface area contributed by atoms with Crippen molar-refractivity contribution in [3.8, 4) is 16.9 Å². The number of phenols is 1. The largest absolute Gasteiger partial charge is 0.507 e. The highest BCUT2D eigenvalue weighted by Crippen LogP contribution is 2.40. The summed E-state index contributed by atoms with van der Waals surface area (Å²) in [5.41, 5.74) is 2.55. The molecule has 0 saturated carbocycles. The fourth-order valence-electron chi connectivity index (χ4n) is 4.06. The van der Waals surface area contributed by atoms with Crippen LogP contribution in [0.15, 0.2) is 62.7 Å². The minimum absolute atomic E-state index is 0.209. The van der Waals surface area contributed by atoms with Crippen LogP contribution in [0.4, 0.5) is 0 Å². The van der Waals surface area contributed by atoms with Crippen LogP contribution in [0, 0.1) is 0 Å². The van der Waals surface area contributed by atoms with Crippen molar-refractivity contribution >= 4 is 44.0 Å². The molecular weight excluding hydrogens is 384 g/mol. The van der Waals surface area contributed by atoms with Crippen molar-refractivity contribution < 1.29 is 9.52 Å². The highest BCUT2D eigenvalue weighted by atomic mass is 16.3. The van der Waals surface area contributed by atoms with Gasteiger partial charge in [-0.15, -0.1) is 0 Å². The molecule has 0 aliphatic carbocycles. The quantitative estimate of drug-likeness (QED) is 0.393. The maximum atomic E-state index is 13.0. The van der Waals surface area contributed by atoms with Gasteiger partial charge in [-0.3, -0.25) is 14.3 Å². The Hall–Kier alpha value is -4.33. The molecule has 0 amide bonds. The second kappa shape index (κ2) is 5.60. The van der Waals surface area contributed by atoms with Crippen LogP contribution in [-0.4, -0.2) is 24.9 Å². The third kappa shape index (κ3) is 2.12. The minimum Gasteiger partial charge on any atom is -0.507 e. The number of fused-ring (bicyclic) bond motifs is 5. The van der Waals surface area contributed by atoms with Gasteiger partial charge in [-0.1, -0.05) is 18.2 Å². The molecule has 0 saturated heterocycles. The molecule has 2 aromatic carbocycles. The topological polar surface area (TPSA) is 117 Å². The Morgan fingerprint density at radius 2 is 1.97 bits per heavy atom. The molecule has 30 heavy (non-hydrogen) atoms. The van der Waals surface area contributed by atoms with Gasteiger partial charge in [0, 0.05) is 41.8 Å². The first-order valence-corrected chi connectivity index (χ1v) is 9.27. The van der Waals surface area contributed by atoms with Gasteiger partial charge in [0.25, 0.3) is 5.56 Å². The standard InChI is InChI=1S/C22H14N4O4/c1-26-21-13(9-23-26)17(12-6-10-4-2-3-5-14(10)24-22(12)29)20-19(25-21)18-15(28)7-11(27)8-16(18)30-20/h2-9,23,28H,1H3,(H,24,29). The van der Waals surface area contributed by atoms with E-state index in [2.05, 4.69) is 15.1 Å². The summed E-state index contributed by atoms with van der Waals surface area (Å²) in [5.74, 6) is -0.209. The fraction of sp³-hybridized carbons (Fsp3) is 0.0455. The van der Waals surface area contributed by atoms with Crippen LogP contribution in [0.1, 0.15) is 0 Å². The average molecular weight is 398 g/mol. The minimum atomic E-state index is -0.373. The van der Waals surface area contributed by atoms with E-state index in [0.717, 1.165) is 17.0 Å². The Balaban J connectivity index is 1.87. The van der Waals surface area contributed by atoms with Crippen LogP contribution in [0.2, 0.25) is 0 Å². The number of pyridine rings is 2. The molecule has 0 radical (unpaired) electrons. The number of aryl methyl sites for hydroxylation is 1. The van der Waals surface area contributed by atoms with Gasteiger partial charge in [0.05, 0.1) is 10.9 Å². The number of para-hydroxylation sites is 1. The second-order valence-electron chi connectivity index (χ2n) is 7.25. The Morgan fingerprint density at radius 3 is 2.83 bits per heavy atom. The first-order valence-electron chi connectivity index (χ1n) is 9.27. The molecular formula is C22H14N4O4. The summed E-state index contributed by atoms with van der Waals surface area (Å²) in [5, 5.41) is 15.4. The van der Waals surface area contributed by atoms with Crippen LogP contribution in [0.3, 0.4) is 0 Å². The van der Waals surface area contributed by atoms with Gasteiger partial charge in [0.2, 0.25) is 0 Å². The van der Waals surface area contributed by atoms with E-state index in [0.29, 0.717) is 38.6 Å². The summed E-state index contributed by atoms with van der Waals surface area (Å²) >= 11 is 0. The molecule has 6 aromatic rings. The molecule has 146 valence electrons. The number of rotatable bonds is 1. The van der Waals surface area contributed by atoms with Crippen molar-refractivity contribution in [1.29, 1.82) is 0 Å². The second-order valence-corrected chi connectivity index (χ2v) is 7.25. The van der Waals surface area contributed by atoms with E-state index in [1.165, 1.54) is 6.07 Å². The van der Waals surface area contributed by atoms with Crippen LogP contribution in [0.25, 0.3) is 55.1 Å². The van der Waals surface area contributed by atoms with E-state index in [9.17, 15) is 14.7 Å². The van der Waals surface area contributed by atoms with Crippen molar-refractivity contribution in [2.75, 3.05) is 0 Å². The summed E-state index contributed by atoms with van der Waals surface area (Å²) < 4.78 is 7.70. The van der Waals surface area contributed by atoms with Gasteiger partial charge >= 0.3 is 0 Å². The number of aromatic hydroxyl groups is 1. The number of hydrogen-bond donors (Lipinski definition) is 3. The zero-order chi connectivity index (χ0) is 20.6. The molecule has 4 aromatic heterocycles. The Bertz CT molecular complexity index is 1770. The molecule has 4 heterocycles. The molecule has 0 unspecified atom stereocenters. The normalized spacial score (nSPS) is 11.9. The number of nitrogens with zero attached hydrogens (tertiary/aromatic N) is 2. The van der Waals surface area contributed by atoms with E-state index < -0.39 is 0 Å². The van der Waals surface area contributed by atoms with E-state index in [1.807, 2.05) is 24.3 Å². The van der Waals surface area contributed by atoms with Gasteiger partial charge in [-0.25, -0.2) is 4.98 Å². The Kier molecular flexibility index (Phi) is 3.10. The van der Waals surface area contributed by atoms with Crippen LogP contribution in [0.5, 0.6) is 5.75 Å². The van der Waals surface area contributed by atoms with Crippen molar-refractivity contribution in [1.82, 2.24) is 19.7 Å². The van der Waals surface area contributed by atoms with Gasteiger partial charge in [-0.2, -0.15) is 0 Å². The molecule has 6 rings (SSSR count). The summed E-state index contributed by atoms with van der Waals surface area (Å²) in [6.45, 7) is 0. The van der Waals surface area contributed by atoms with Gasteiger partial charge in [0.15, 0.2) is 16.7 Å². The van der Waals surface area contributed by atoms with Crippen LogP contribution < -0.4 is 11.0 Å². The highest BCUT2D eigenvalue weighted by molar-refractivity contribution is 6.16. The SMILES string of the molecule is Cn1[nH]cc2c(-c3cc4ccccc4[nH]c3=O)c3oc4cc(=O)cc(O)c4c3nc21. The van der Waals surface area contributed by atoms with E-state index in [4.69, 9.17) is 4.42 Å². The van der Waals surface area contributed by atoms with Crippen molar-refractivity contribution in [2.24, 2.45) is 7.05 Å². The van der Waals surface area contributed by atoms with Crippen molar-refractivity contribution in [3.05, 3.63) is 69.2 Å². The van der Waals surface area contributed by atoms with Gasteiger partial charge < -0.3 is 19.6 Å². The number of furan rings is 1. The fourth-order valence-corrected chi connectivity index (χ4v) is 4.06. The third-order valence-electron chi connectivity index (χ3n) is 5.42. The lowest BCUT2D eigenvalue weighted by molar-refractivity contribution is 0.481. The monoisotopic (exact) mass is 398 g/mol. The molecule has 8 nitrogen and oxygen atoms in total. The molecule has 0 atom stereocenters. The summed E-state index contributed by atoms with van der Waals surface area (Å²) in [4.78, 5) is 32.5. The summed E-state index contributed by atoms with van der Waals surface area (Å²) in [6.07, 6.45) is 1.75. The zero-order valence-corrected chi connectivity index (χ0v) is 15.7. The van der Waals surface area contributed by atoms with Crippen molar-refractivity contribution in [2.45, 2.75) is 0 Å². The zero-order valence-electron chi connectivity index (χ0n) is 15.7. The molecule has 8 heteroatoms. The summed E-state index contributed by atoms with van der Waals surface area (Å²) in [7, 11) is 1.80. The van der Waals surface area contributed by atoms with Gasteiger partial charge in [-0.05, 0) is 17.5 Å². The maximum absolute atomic E-state index is 13.0. The van der Waals surface area contributed by atoms with Gasteiger partial charge in [0.1, 0.15) is 16.8 Å². The average Bonchev–Trinajstić information content (AvgIpc) is 3.26. The lowest BCUT2D eigenvalue weighted by atomic mass is 10.0.